The highest BCUT2D eigenvalue weighted by Gasteiger charge is 2.26. The van der Waals surface area contributed by atoms with Crippen molar-refractivity contribution < 1.29 is 23.4 Å². The smallest absolute Gasteiger partial charge is 0.356 e. The number of aromatic carboxylic acids is 1. The highest BCUT2D eigenvalue weighted by Crippen LogP contribution is 2.22. The number of hydrogen-bond donors (Lipinski definition) is 3. The highest BCUT2D eigenvalue weighted by atomic mass is 32.2. The van der Waals surface area contributed by atoms with Gasteiger partial charge in [-0.25, -0.2) is 22.9 Å². The zero-order valence-corrected chi connectivity index (χ0v) is 13.1. The van der Waals surface area contributed by atoms with Crippen molar-refractivity contribution in [3.63, 3.8) is 0 Å². The number of carboxylic acids is 1. The quantitative estimate of drug-likeness (QED) is 0.717. The molecule has 3 N–H and O–H groups in total. The predicted octanol–water partition coefficient (Wildman–Crippen LogP) is 0.917. The lowest BCUT2D eigenvalue weighted by atomic mass is 9.89. The first-order valence-electron chi connectivity index (χ1n) is 5.87. The number of nitrogens with one attached hydrogen (secondary N) is 1. The van der Waals surface area contributed by atoms with Crippen LogP contribution in [-0.4, -0.2) is 42.2 Å². The molecule has 0 fully saturated rings. The number of aliphatic hydroxyl groups is 1. The molecule has 114 valence electrons. The lowest BCUT2D eigenvalue weighted by molar-refractivity contribution is 0.0687. The number of aliphatic hydroxyl groups excluding tert-OH is 1. The molecule has 1 atom stereocenters. The number of nitrogens with zero attached hydrogens (tertiary/aromatic N) is 1. The van der Waals surface area contributed by atoms with E-state index < -0.39 is 27.8 Å². The van der Waals surface area contributed by atoms with E-state index in [-0.39, 0.29) is 16.2 Å². The molecular formula is C11H18N2O5S2. The van der Waals surface area contributed by atoms with E-state index in [4.69, 9.17) is 5.11 Å². The van der Waals surface area contributed by atoms with E-state index in [0.29, 0.717) is 6.42 Å². The molecule has 1 aromatic rings. The lowest BCUT2D eigenvalue weighted by Crippen LogP contribution is -2.34. The zero-order chi connectivity index (χ0) is 15.6. The third-order valence-electron chi connectivity index (χ3n) is 2.34. The summed E-state index contributed by atoms with van der Waals surface area (Å²) >= 11 is 0.726. The van der Waals surface area contributed by atoms with E-state index in [1.807, 2.05) is 20.8 Å². The van der Waals surface area contributed by atoms with Gasteiger partial charge in [0.1, 0.15) is 0 Å². The molecule has 0 aromatic carbocycles. The number of carbonyl (C=O) groups is 1. The van der Waals surface area contributed by atoms with E-state index in [1.165, 1.54) is 0 Å². The maximum atomic E-state index is 12.0. The Bertz CT molecular complexity index is 574. The van der Waals surface area contributed by atoms with Crippen LogP contribution in [0, 0.1) is 5.41 Å². The van der Waals surface area contributed by atoms with Crippen LogP contribution in [0.2, 0.25) is 0 Å². The standard InChI is InChI=1S/C11H18N2O5S2/c1-11(2,3)4-7(14)5-13-20(17,18)10-8(9(15)16)12-6-19-10/h6-7,13-14H,4-5H2,1-3H3,(H,15,16). The predicted molar refractivity (Wildman–Crippen MR) is 74.3 cm³/mol. The van der Waals surface area contributed by atoms with Gasteiger partial charge in [-0.3, -0.25) is 0 Å². The van der Waals surface area contributed by atoms with Gasteiger partial charge in [-0.2, -0.15) is 0 Å². The average Bonchev–Trinajstić information content (AvgIpc) is 2.73. The first kappa shape index (κ1) is 17.0. The van der Waals surface area contributed by atoms with Crippen LogP contribution in [0.1, 0.15) is 37.7 Å². The molecule has 9 heteroatoms. The summed E-state index contributed by atoms with van der Waals surface area (Å²) in [6.07, 6.45) is -0.421. The normalized spacial score (nSPS) is 14.2. The van der Waals surface area contributed by atoms with Gasteiger partial charge in [0.05, 0.1) is 11.6 Å². The molecule has 0 saturated heterocycles. The first-order valence-corrected chi connectivity index (χ1v) is 8.24. The van der Waals surface area contributed by atoms with Crippen molar-refractivity contribution in [3.05, 3.63) is 11.2 Å². The fourth-order valence-corrected chi connectivity index (χ4v) is 3.87. The van der Waals surface area contributed by atoms with Gasteiger partial charge in [0.2, 0.25) is 0 Å². The maximum Gasteiger partial charge on any atom is 0.356 e. The molecule has 0 aliphatic rings. The molecular weight excluding hydrogens is 304 g/mol. The van der Waals surface area contributed by atoms with E-state index in [0.717, 1.165) is 16.8 Å². The second-order valence-electron chi connectivity index (χ2n) is 5.56. The summed E-state index contributed by atoms with van der Waals surface area (Å²) < 4.78 is 25.8. The Hall–Kier alpha value is -1.03. The van der Waals surface area contributed by atoms with Crippen LogP contribution in [0.4, 0.5) is 0 Å². The molecule has 1 rings (SSSR count). The summed E-state index contributed by atoms with van der Waals surface area (Å²) in [7, 11) is -3.98. The molecule has 0 saturated carbocycles. The fourth-order valence-electron chi connectivity index (χ4n) is 1.62. The molecule has 0 aliphatic heterocycles. The Morgan fingerprint density at radius 1 is 1.50 bits per heavy atom. The van der Waals surface area contributed by atoms with Gasteiger partial charge in [0, 0.05) is 6.54 Å². The third-order valence-corrected chi connectivity index (χ3v) is 5.13. The van der Waals surface area contributed by atoms with E-state index >= 15 is 0 Å². The minimum atomic E-state index is -3.98. The number of rotatable bonds is 6. The Labute approximate surface area is 121 Å². The van der Waals surface area contributed by atoms with Gasteiger partial charge in [-0.15, -0.1) is 11.3 Å². The van der Waals surface area contributed by atoms with Crippen LogP contribution in [-0.2, 0) is 10.0 Å². The Kier molecular flexibility index (Phi) is 5.25. The van der Waals surface area contributed by atoms with Crippen molar-refractivity contribution >= 4 is 27.3 Å². The van der Waals surface area contributed by atoms with Gasteiger partial charge in [0.25, 0.3) is 10.0 Å². The molecule has 1 unspecified atom stereocenters. The van der Waals surface area contributed by atoms with Crippen LogP contribution in [0.25, 0.3) is 0 Å². The van der Waals surface area contributed by atoms with Gasteiger partial charge in [0.15, 0.2) is 9.90 Å². The topological polar surface area (TPSA) is 117 Å². The molecule has 0 amide bonds. The van der Waals surface area contributed by atoms with Gasteiger partial charge < -0.3 is 10.2 Å². The van der Waals surface area contributed by atoms with Gasteiger partial charge >= 0.3 is 5.97 Å². The van der Waals surface area contributed by atoms with Crippen molar-refractivity contribution in [3.8, 4) is 0 Å². The summed E-state index contributed by atoms with van der Waals surface area (Å²) in [4.78, 5) is 14.4. The van der Waals surface area contributed by atoms with Crippen molar-refractivity contribution in [2.45, 2.75) is 37.5 Å². The molecule has 20 heavy (non-hydrogen) atoms. The third kappa shape index (κ3) is 4.82. The summed E-state index contributed by atoms with van der Waals surface area (Å²) in [6.45, 7) is 5.61. The molecule has 0 aliphatic carbocycles. The van der Waals surface area contributed by atoms with Crippen LogP contribution >= 0.6 is 11.3 Å². The van der Waals surface area contributed by atoms with Gasteiger partial charge in [-0.1, -0.05) is 20.8 Å². The lowest BCUT2D eigenvalue weighted by Gasteiger charge is -2.22. The second kappa shape index (κ2) is 6.17. The molecule has 0 bridgehead atoms. The van der Waals surface area contributed by atoms with Crippen LogP contribution in [0.15, 0.2) is 9.72 Å². The first-order chi connectivity index (χ1) is 9.03. The summed E-state index contributed by atoms with van der Waals surface area (Å²) in [5.74, 6) is -1.40. The van der Waals surface area contributed by atoms with Crippen molar-refractivity contribution in [2.24, 2.45) is 5.41 Å². The van der Waals surface area contributed by atoms with Crippen LogP contribution in [0.5, 0.6) is 0 Å². The average molecular weight is 322 g/mol. The van der Waals surface area contributed by atoms with Gasteiger partial charge in [-0.05, 0) is 11.8 Å². The van der Waals surface area contributed by atoms with E-state index in [1.54, 1.807) is 0 Å². The summed E-state index contributed by atoms with van der Waals surface area (Å²) in [5.41, 5.74) is 0.512. The highest BCUT2D eigenvalue weighted by molar-refractivity contribution is 7.91. The minimum absolute atomic E-state index is 0.137. The van der Waals surface area contributed by atoms with Crippen molar-refractivity contribution in [1.29, 1.82) is 0 Å². The van der Waals surface area contributed by atoms with Crippen molar-refractivity contribution in [1.82, 2.24) is 9.71 Å². The molecule has 0 radical (unpaired) electrons. The molecule has 7 nitrogen and oxygen atoms in total. The SMILES string of the molecule is CC(C)(C)CC(O)CNS(=O)(=O)c1scnc1C(=O)O. The molecule has 0 spiro atoms. The Balaban J connectivity index is 2.76. The number of sulfonamides is 1. The monoisotopic (exact) mass is 322 g/mol. The summed E-state index contributed by atoms with van der Waals surface area (Å²) in [6, 6.07) is 0. The number of carboxylic acid groups (broad SMARTS) is 1. The van der Waals surface area contributed by atoms with E-state index in [2.05, 4.69) is 9.71 Å². The van der Waals surface area contributed by atoms with Crippen LogP contribution in [0.3, 0.4) is 0 Å². The van der Waals surface area contributed by atoms with Crippen LogP contribution < -0.4 is 4.72 Å². The molecule has 1 heterocycles. The minimum Gasteiger partial charge on any atom is -0.476 e. The maximum absolute atomic E-state index is 12.0. The van der Waals surface area contributed by atoms with E-state index in [9.17, 15) is 18.3 Å². The number of aromatic nitrogens is 1. The van der Waals surface area contributed by atoms with Crippen molar-refractivity contribution in [2.75, 3.05) is 6.54 Å². The Morgan fingerprint density at radius 3 is 2.60 bits per heavy atom. The molecule has 1 aromatic heterocycles. The number of thiazole rings is 1. The number of hydrogen-bond acceptors (Lipinski definition) is 6. The Morgan fingerprint density at radius 2 is 2.10 bits per heavy atom. The largest absolute Gasteiger partial charge is 0.476 e. The zero-order valence-electron chi connectivity index (χ0n) is 11.5. The fraction of sp³-hybridized carbons (Fsp3) is 0.636. The second-order valence-corrected chi connectivity index (χ2v) is 8.38. The summed E-state index contributed by atoms with van der Waals surface area (Å²) in [5, 5.41) is 18.6.